The van der Waals surface area contributed by atoms with Crippen LogP contribution >= 0.6 is 0 Å². The van der Waals surface area contributed by atoms with E-state index in [9.17, 15) is 9.59 Å². The molecule has 0 atom stereocenters. The van der Waals surface area contributed by atoms with Crippen molar-refractivity contribution in [3.63, 3.8) is 0 Å². The molecule has 1 aliphatic heterocycles. The highest BCUT2D eigenvalue weighted by molar-refractivity contribution is 5.97. The first-order chi connectivity index (χ1) is 14.0. The van der Waals surface area contributed by atoms with E-state index in [1.54, 1.807) is 18.2 Å². The molecule has 0 unspecified atom stereocenters. The molecule has 1 amide bonds. The number of carbonyl (C=O) groups excluding carboxylic acids is 1. The van der Waals surface area contributed by atoms with Crippen molar-refractivity contribution < 1.29 is 4.79 Å². The number of carbonyl (C=O) groups is 1. The van der Waals surface area contributed by atoms with Crippen molar-refractivity contribution in [2.45, 2.75) is 77.4 Å². The molecule has 1 aromatic heterocycles. The average Bonchev–Trinajstić information content (AvgIpc) is 3.09. The first kappa shape index (κ1) is 20.1. The molecule has 29 heavy (non-hydrogen) atoms. The molecule has 6 nitrogen and oxygen atoms in total. The second-order valence-corrected chi connectivity index (χ2v) is 8.76. The third kappa shape index (κ3) is 4.37. The van der Waals surface area contributed by atoms with Crippen molar-refractivity contribution in [2.24, 2.45) is 0 Å². The predicted octanol–water partition coefficient (Wildman–Crippen LogP) is 3.12. The second-order valence-electron chi connectivity index (χ2n) is 8.76. The van der Waals surface area contributed by atoms with E-state index in [-0.39, 0.29) is 17.5 Å². The maximum absolute atomic E-state index is 13.0. The van der Waals surface area contributed by atoms with Crippen LogP contribution in [-0.4, -0.2) is 45.5 Å². The van der Waals surface area contributed by atoms with Crippen LogP contribution in [0, 0.1) is 0 Å². The lowest BCUT2D eigenvalue weighted by molar-refractivity contribution is 0.0933. The van der Waals surface area contributed by atoms with Gasteiger partial charge in [0.2, 0.25) is 0 Å². The quantitative estimate of drug-likeness (QED) is 0.810. The Hall–Kier alpha value is -2.21. The third-order valence-electron chi connectivity index (χ3n) is 6.45. The van der Waals surface area contributed by atoms with Crippen LogP contribution < -0.4 is 10.9 Å². The topological polar surface area (TPSA) is 67.2 Å². The van der Waals surface area contributed by atoms with Crippen LogP contribution in [0.3, 0.4) is 0 Å². The molecule has 1 aliphatic carbocycles. The van der Waals surface area contributed by atoms with Gasteiger partial charge in [-0.05, 0) is 44.9 Å². The van der Waals surface area contributed by atoms with Gasteiger partial charge in [-0.15, -0.1) is 0 Å². The Morgan fingerprint density at radius 1 is 1.10 bits per heavy atom. The van der Waals surface area contributed by atoms with Crippen molar-refractivity contribution in [3.8, 4) is 0 Å². The van der Waals surface area contributed by atoms with E-state index in [2.05, 4.69) is 24.1 Å². The van der Waals surface area contributed by atoms with Crippen molar-refractivity contribution >= 4 is 16.8 Å². The maximum Gasteiger partial charge on any atom is 0.261 e. The van der Waals surface area contributed by atoms with Gasteiger partial charge in [-0.3, -0.25) is 19.1 Å². The molecule has 2 heterocycles. The van der Waals surface area contributed by atoms with E-state index in [1.165, 1.54) is 25.7 Å². The molecule has 4 rings (SSSR count). The van der Waals surface area contributed by atoms with Gasteiger partial charge < -0.3 is 5.32 Å². The molecule has 1 N–H and O–H groups in total. The summed E-state index contributed by atoms with van der Waals surface area (Å²) in [6.07, 6.45) is 7.74. The number of fused-ring (bicyclic) bond motifs is 2. The average molecular weight is 397 g/mol. The molecule has 1 fully saturated rings. The van der Waals surface area contributed by atoms with Crippen LogP contribution in [0.5, 0.6) is 0 Å². The van der Waals surface area contributed by atoms with Gasteiger partial charge in [-0.1, -0.05) is 25.7 Å². The molecule has 1 aromatic carbocycles. The van der Waals surface area contributed by atoms with E-state index in [1.807, 2.05) is 4.57 Å². The zero-order valence-electron chi connectivity index (χ0n) is 17.6. The monoisotopic (exact) mass is 396 g/mol. The first-order valence-electron chi connectivity index (χ1n) is 11.1. The summed E-state index contributed by atoms with van der Waals surface area (Å²) in [5.74, 6) is 0.772. The lowest BCUT2D eigenvalue weighted by Crippen LogP contribution is -2.34. The summed E-state index contributed by atoms with van der Waals surface area (Å²) in [5, 5.41) is 3.78. The zero-order chi connectivity index (χ0) is 20.4. The SMILES string of the molecule is CC(C)N1CCc2nc3cc(C(=O)NC4CCCCCC4)ccc3c(=O)n2CC1. The number of benzene rings is 1. The van der Waals surface area contributed by atoms with Gasteiger partial charge in [-0.2, -0.15) is 0 Å². The van der Waals surface area contributed by atoms with Crippen LogP contribution in [0.4, 0.5) is 0 Å². The molecule has 1 saturated carbocycles. The molecule has 2 aromatic rings. The van der Waals surface area contributed by atoms with Gasteiger partial charge in [-0.25, -0.2) is 4.98 Å². The highest BCUT2D eigenvalue weighted by Gasteiger charge is 2.20. The second kappa shape index (κ2) is 8.66. The Labute approximate surface area is 172 Å². The van der Waals surface area contributed by atoms with E-state index in [0.29, 0.717) is 29.1 Å². The summed E-state index contributed by atoms with van der Waals surface area (Å²) in [6.45, 7) is 6.79. The van der Waals surface area contributed by atoms with Crippen molar-refractivity contribution in [1.29, 1.82) is 0 Å². The van der Waals surface area contributed by atoms with E-state index < -0.39 is 0 Å². The highest BCUT2D eigenvalue weighted by Crippen LogP contribution is 2.19. The summed E-state index contributed by atoms with van der Waals surface area (Å²) < 4.78 is 1.82. The Kier molecular flexibility index (Phi) is 5.99. The number of rotatable bonds is 3. The van der Waals surface area contributed by atoms with E-state index >= 15 is 0 Å². The summed E-state index contributed by atoms with van der Waals surface area (Å²) in [5.41, 5.74) is 1.23. The van der Waals surface area contributed by atoms with Crippen molar-refractivity contribution in [2.75, 3.05) is 13.1 Å². The summed E-state index contributed by atoms with van der Waals surface area (Å²) in [4.78, 5) is 33.0. The smallest absolute Gasteiger partial charge is 0.261 e. The van der Waals surface area contributed by atoms with Gasteiger partial charge >= 0.3 is 0 Å². The van der Waals surface area contributed by atoms with Crippen LogP contribution in [-0.2, 0) is 13.0 Å². The molecule has 0 spiro atoms. The van der Waals surface area contributed by atoms with Crippen LogP contribution in [0.2, 0.25) is 0 Å². The normalized spacial score (nSPS) is 19.0. The van der Waals surface area contributed by atoms with Crippen LogP contribution in [0.1, 0.15) is 68.6 Å². The lowest BCUT2D eigenvalue weighted by Gasteiger charge is -2.23. The lowest BCUT2D eigenvalue weighted by atomic mass is 10.1. The Bertz CT molecular complexity index is 942. The third-order valence-corrected chi connectivity index (χ3v) is 6.45. The maximum atomic E-state index is 13.0. The number of aromatic nitrogens is 2. The zero-order valence-corrected chi connectivity index (χ0v) is 17.6. The molecule has 156 valence electrons. The standard InChI is InChI=1S/C23H32N4O2/c1-16(2)26-12-11-21-25-20-15-17(9-10-19(20)23(29)27(21)14-13-26)22(28)24-18-7-5-3-4-6-8-18/h9-10,15-16,18H,3-8,11-14H2,1-2H3,(H,24,28). The fourth-order valence-electron chi connectivity index (χ4n) is 4.62. The van der Waals surface area contributed by atoms with Crippen LogP contribution in [0.25, 0.3) is 10.9 Å². The molecule has 6 heteroatoms. The number of nitrogens with one attached hydrogen (secondary N) is 1. The predicted molar refractivity (Wildman–Crippen MR) is 115 cm³/mol. The Balaban J connectivity index is 1.59. The van der Waals surface area contributed by atoms with Gasteiger partial charge in [0.05, 0.1) is 10.9 Å². The molecular weight excluding hydrogens is 364 g/mol. The first-order valence-corrected chi connectivity index (χ1v) is 11.1. The van der Waals surface area contributed by atoms with Crippen molar-refractivity contribution in [1.82, 2.24) is 19.8 Å². The number of hydrogen-bond donors (Lipinski definition) is 1. The fraction of sp³-hybridized carbons (Fsp3) is 0.609. The van der Waals surface area contributed by atoms with Gasteiger partial charge in [0.15, 0.2) is 0 Å². The highest BCUT2D eigenvalue weighted by atomic mass is 16.1. The fourth-order valence-corrected chi connectivity index (χ4v) is 4.62. The van der Waals surface area contributed by atoms with Gasteiger partial charge in [0.25, 0.3) is 11.5 Å². The molecule has 0 saturated heterocycles. The molecule has 2 aliphatic rings. The molecule has 0 radical (unpaired) electrons. The minimum absolute atomic E-state index is 0.00586. The molecular formula is C23H32N4O2. The summed E-state index contributed by atoms with van der Waals surface area (Å²) in [7, 11) is 0. The summed E-state index contributed by atoms with van der Waals surface area (Å²) in [6, 6.07) is 6.03. The Morgan fingerprint density at radius 2 is 1.86 bits per heavy atom. The number of hydrogen-bond acceptors (Lipinski definition) is 4. The van der Waals surface area contributed by atoms with Crippen LogP contribution in [0.15, 0.2) is 23.0 Å². The van der Waals surface area contributed by atoms with Gasteiger partial charge in [0, 0.05) is 43.7 Å². The molecule has 0 bridgehead atoms. The minimum Gasteiger partial charge on any atom is -0.349 e. The van der Waals surface area contributed by atoms with E-state index in [4.69, 9.17) is 4.98 Å². The largest absolute Gasteiger partial charge is 0.349 e. The number of nitrogens with zero attached hydrogens (tertiary/aromatic N) is 3. The van der Waals surface area contributed by atoms with Gasteiger partial charge in [0.1, 0.15) is 5.82 Å². The minimum atomic E-state index is -0.0540. The Morgan fingerprint density at radius 3 is 2.59 bits per heavy atom. The summed E-state index contributed by atoms with van der Waals surface area (Å²) >= 11 is 0. The van der Waals surface area contributed by atoms with Crippen molar-refractivity contribution in [3.05, 3.63) is 39.9 Å². The number of amides is 1. The van der Waals surface area contributed by atoms with E-state index in [0.717, 1.165) is 38.2 Å².